The molecule has 3 rings (SSSR count). The van der Waals surface area contributed by atoms with Gasteiger partial charge in [-0.15, -0.1) is 11.3 Å². The fourth-order valence-corrected chi connectivity index (χ4v) is 2.29. The van der Waals surface area contributed by atoms with E-state index in [4.69, 9.17) is 10.2 Å². The Morgan fingerprint density at radius 2 is 2.28 bits per heavy atom. The van der Waals surface area contributed by atoms with E-state index in [-0.39, 0.29) is 0 Å². The lowest BCUT2D eigenvalue weighted by Gasteiger charge is -1.96. The van der Waals surface area contributed by atoms with Crippen molar-refractivity contribution >= 4 is 34.1 Å². The number of nitrogens with zero attached hydrogens (tertiary/aromatic N) is 2. The van der Waals surface area contributed by atoms with E-state index >= 15 is 0 Å². The minimum absolute atomic E-state index is 0.487. The van der Waals surface area contributed by atoms with Crippen molar-refractivity contribution in [3.63, 3.8) is 0 Å². The molecule has 1 aromatic carbocycles. The van der Waals surface area contributed by atoms with E-state index in [9.17, 15) is 0 Å². The lowest BCUT2D eigenvalue weighted by molar-refractivity contribution is 0.614. The molecule has 0 saturated carbocycles. The summed E-state index contributed by atoms with van der Waals surface area (Å²) in [6.07, 6.45) is 0. The van der Waals surface area contributed by atoms with Gasteiger partial charge in [-0.1, -0.05) is 0 Å². The van der Waals surface area contributed by atoms with Crippen LogP contribution in [0.25, 0.3) is 11.1 Å². The molecular weight excluding hydrogens is 248 g/mol. The molecule has 92 valence electrons. The average Bonchev–Trinajstić information content (AvgIpc) is 2.92. The van der Waals surface area contributed by atoms with Crippen molar-refractivity contribution in [2.24, 2.45) is 0 Å². The van der Waals surface area contributed by atoms with Crippen molar-refractivity contribution in [3.05, 3.63) is 34.3 Å². The van der Waals surface area contributed by atoms with Crippen molar-refractivity contribution in [2.75, 3.05) is 11.1 Å². The first-order valence-electron chi connectivity index (χ1n) is 5.51. The zero-order chi connectivity index (χ0) is 12.5. The molecule has 0 aliphatic carbocycles. The zero-order valence-corrected chi connectivity index (χ0v) is 10.6. The van der Waals surface area contributed by atoms with Crippen molar-refractivity contribution < 1.29 is 4.42 Å². The van der Waals surface area contributed by atoms with Crippen LogP contribution in [-0.4, -0.2) is 9.97 Å². The predicted octanol–water partition coefficient (Wildman–Crippen LogP) is 2.79. The molecule has 18 heavy (non-hydrogen) atoms. The second kappa shape index (κ2) is 4.30. The number of nitrogens with two attached hydrogens (primary N) is 1. The fraction of sp³-hybridized carbons (Fsp3) is 0.167. The Labute approximate surface area is 108 Å². The van der Waals surface area contributed by atoms with Crippen LogP contribution in [-0.2, 0) is 6.54 Å². The Morgan fingerprint density at radius 3 is 3.06 bits per heavy atom. The number of nitrogen functional groups attached to an aromatic ring is 1. The molecular formula is C12H12N4OS. The van der Waals surface area contributed by atoms with E-state index < -0.39 is 0 Å². The van der Waals surface area contributed by atoms with Crippen LogP contribution in [0, 0.1) is 6.92 Å². The maximum atomic E-state index is 5.68. The van der Waals surface area contributed by atoms with Gasteiger partial charge in [0.15, 0.2) is 5.58 Å². The molecule has 3 aromatic rings. The molecule has 3 N–H and O–H groups in total. The highest BCUT2D eigenvalue weighted by molar-refractivity contribution is 7.09. The van der Waals surface area contributed by atoms with E-state index in [1.165, 1.54) is 0 Å². The van der Waals surface area contributed by atoms with Gasteiger partial charge in [0.25, 0.3) is 6.01 Å². The second-order valence-corrected chi connectivity index (χ2v) is 5.02. The van der Waals surface area contributed by atoms with Gasteiger partial charge in [0, 0.05) is 17.1 Å². The highest BCUT2D eigenvalue weighted by Gasteiger charge is 2.06. The summed E-state index contributed by atoms with van der Waals surface area (Å²) in [5.41, 5.74) is 8.82. The van der Waals surface area contributed by atoms with Crippen molar-refractivity contribution in [2.45, 2.75) is 13.5 Å². The summed E-state index contributed by atoms with van der Waals surface area (Å²) in [4.78, 5) is 8.68. The van der Waals surface area contributed by atoms with Crippen molar-refractivity contribution in [1.29, 1.82) is 0 Å². The largest absolute Gasteiger partial charge is 0.423 e. The first-order chi connectivity index (χ1) is 8.70. The average molecular weight is 260 g/mol. The third-order valence-corrected chi connectivity index (χ3v) is 3.32. The second-order valence-electron chi connectivity index (χ2n) is 3.96. The summed E-state index contributed by atoms with van der Waals surface area (Å²) < 4.78 is 5.55. The summed E-state index contributed by atoms with van der Waals surface area (Å²) in [5.74, 6) is 0. The van der Waals surface area contributed by atoms with E-state index in [2.05, 4.69) is 15.3 Å². The van der Waals surface area contributed by atoms with E-state index in [1.807, 2.05) is 18.4 Å². The van der Waals surface area contributed by atoms with Crippen molar-refractivity contribution in [3.8, 4) is 0 Å². The smallest absolute Gasteiger partial charge is 0.296 e. The maximum absolute atomic E-state index is 5.68. The molecule has 0 spiro atoms. The van der Waals surface area contributed by atoms with Gasteiger partial charge in [-0.2, -0.15) is 4.98 Å². The SMILES string of the molecule is Cc1nc(CNc2nc3ccc(N)cc3o2)cs1. The number of aryl methyl sites for hydroxylation is 1. The van der Waals surface area contributed by atoms with Gasteiger partial charge >= 0.3 is 0 Å². The number of benzene rings is 1. The number of thiazole rings is 1. The molecule has 0 aliphatic rings. The molecule has 0 atom stereocenters. The van der Waals surface area contributed by atoms with Crippen molar-refractivity contribution in [1.82, 2.24) is 9.97 Å². The van der Waals surface area contributed by atoms with Crippen LogP contribution in [0.5, 0.6) is 0 Å². The number of aromatic nitrogens is 2. The Kier molecular flexibility index (Phi) is 2.64. The maximum Gasteiger partial charge on any atom is 0.296 e. The number of rotatable bonds is 3. The number of nitrogens with one attached hydrogen (secondary N) is 1. The van der Waals surface area contributed by atoms with Crippen LogP contribution in [0.15, 0.2) is 28.0 Å². The molecule has 6 heteroatoms. The Bertz CT molecular complexity index is 688. The molecule has 0 radical (unpaired) electrons. The van der Waals surface area contributed by atoms with Gasteiger partial charge in [0.1, 0.15) is 5.52 Å². The highest BCUT2D eigenvalue weighted by Crippen LogP contribution is 2.21. The lowest BCUT2D eigenvalue weighted by atomic mass is 10.3. The van der Waals surface area contributed by atoms with Gasteiger partial charge in [-0.25, -0.2) is 4.98 Å². The summed E-state index contributed by atoms with van der Waals surface area (Å²) in [6, 6.07) is 5.90. The topological polar surface area (TPSA) is 77.0 Å². The van der Waals surface area contributed by atoms with E-state index in [0.717, 1.165) is 16.2 Å². The molecule has 0 aliphatic heterocycles. The van der Waals surface area contributed by atoms with Gasteiger partial charge in [-0.3, -0.25) is 0 Å². The van der Waals surface area contributed by atoms with Crippen LogP contribution < -0.4 is 11.1 Å². The van der Waals surface area contributed by atoms with Crippen LogP contribution in [0.1, 0.15) is 10.7 Å². The first kappa shape index (κ1) is 11.0. The lowest BCUT2D eigenvalue weighted by Crippen LogP contribution is -1.99. The van der Waals surface area contributed by atoms with Gasteiger partial charge in [-0.05, 0) is 19.1 Å². The minimum atomic E-state index is 0.487. The normalized spacial score (nSPS) is 10.9. The number of hydrogen-bond donors (Lipinski definition) is 2. The zero-order valence-electron chi connectivity index (χ0n) is 9.80. The first-order valence-corrected chi connectivity index (χ1v) is 6.39. The Hall–Kier alpha value is -2.08. The standard InChI is InChI=1S/C12H12N4OS/c1-7-15-9(6-18-7)5-14-12-16-10-3-2-8(13)4-11(10)17-12/h2-4,6H,5,13H2,1H3,(H,14,16). The molecule has 5 nitrogen and oxygen atoms in total. The summed E-state index contributed by atoms with van der Waals surface area (Å²) in [7, 11) is 0. The summed E-state index contributed by atoms with van der Waals surface area (Å²) >= 11 is 1.63. The van der Waals surface area contributed by atoms with E-state index in [1.54, 1.807) is 23.5 Å². The quantitative estimate of drug-likeness (QED) is 0.708. The van der Waals surface area contributed by atoms with Gasteiger partial charge in [0.2, 0.25) is 0 Å². The number of fused-ring (bicyclic) bond motifs is 1. The third kappa shape index (κ3) is 2.14. The number of oxazole rings is 1. The van der Waals surface area contributed by atoms with Gasteiger partial charge < -0.3 is 15.5 Å². The number of anilines is 2. The highest BCUT2D eigenvalue weighted by atomic mass is 32.1. The molecule has 0 amide bonds. The fourth-order valence-electron chi connectivity index (χ4n) is 1.67. The Balaban J connectivity index is 1.78. The molecule has 0 saturated heterocycles. The van der Waals surface area contributed by atoms with Crippen LogP contribution >= 0.6 is 11.3 Å². The predicted molar refractivity (Wildman–Crippen MR) is 72.6 cm³/mol. The summed E-state index contributed by atoms with van der Waals surface area (Å²) in [5, 5.41) is 6.18. The minimum Gasteiger partial charge on any atom is -0.423 e. The van der Waals surface area contributed by atoms with E-state index in [0.29, 0.717) is 23.8 Å². The summed E-state index contributed by atoms with van der Waals surface area (Å²) in [6.45, 7) is 2.59. The van der Waals surface area contributed by atoms with Crippen LogP contribution in [0.2, 0.25) is 0 Å². The molecule has 2 heterocycles. The third-order valence-electron chi connectivity index (χ3n) is 2.50. The number of hydrogen-bond acceptors (Lipinski definition) is 6. The van der Waals surface area contributed by atoms with Gasteiger partial charge in [0.05, 0.1) is 17.2 Å². The monoisotopic (exact) mass is 260 g/mol. The Morgan fingerprint density at radius 1 is 1.39 bits per heavy atom. The molecule has 0 fully saturated rings. The molecule has 0 bridgehead atoms. The molecule has 0 unspecified atom stereocenters. The van der Waals surface area contributed by atoms with Crippen LogP contribution in [0.3, 0.4) is 0 Å². The molecule has 2 aromatic heterocycles. The van der Waals surface area contributed by atoms with Crippen LogP contribution in [0.4, 0.5) is 11.7 Å².